The van der Waals surface area contributed by atoms with Crippen LogP contribution in [-0.4, -0.2) is 31.1 Å². The molecule has 2 heterocycles. The number of thioether (sulfide) groups is 1. The van der Waals surface area contributed by atoms with Crippen LogP contribution in [0.4, 0.5) is 0 Å². The van der Waals surface area contributed by atoms with E-state index in [2.05, 4.69) is 53.2 Å². The molecular weight excluding hydrogens is 344 g/mol. The van der Waals surface area contributed by atoms with Gasteiger partial charge in [-0.1, -0.05) is 54.9 Å². The molecule has 0 saturated carbocycles. The highest BCUT2D eigenvalue weighted by atomic mass is 32.2. The van der Waals surface area contributed by atoms with E-state index >= 15 is 0 Å². The van der Waals surface area contributed by atoms with Crippen LogP contribution in [0.2, 0.25) is 0 Å². The third-order valence-electron chi connectivity index (χ3n) is 4.81. The first-order valence-electron chi connectivity index (χ1n) is 9.13. The molecule has 2 aromatic heterocycles. The molecule has 1 aliphatic carbocycles. The standard InChI is InChI=1S/C20H22N4OS/c1-3-4-8-26-20-22-19-21-17-10-15(14-7-5-6-13(2)9-14)11-18(25)16(17)12-24(19)23-20/h5-7,9,12,15H,3-4,8,10-11H2,1-2H3/t15-/m0/s1. The van der Waals surface area contributed by atoms with E-state index in [1.54, 1.807) is 16.3 Å². The Morgan fingerprint density at radius 3 is 2.96 bits per heavy atom. The van der Waals surface area contributed by atoms with E-state index in [-0.39, 0.29) is 11.7 Å². The maximum atomic E-state index is 12.7. The van der Waals surface area contributed by atoms with Crippen LogP contribution in [0.15, 0.2) is 35.6 Å². The summed E-state index contributed by atoms with van der Waals surface area (Å²) >= 11 is 1.65. The second-order valence-corrected chi connectivity index (χ2v) is 7.95. The van der Waals surface area contributed by atoms with Crippen LogP contribution in [0, 0.1) is 6.92 Å². The molecule has 3 aromatic rings. The van der Waals surface area contributed by atoms with Gasteiger partial charge in [-0.3, -0.25) is 4.79 Å². The number of nitrogens with zero attached hydrogens (tertiary/aromatic N) is 4. The molecule has 0 saturated heterocycles. The summed E-state index contributed by atoms with van der Waals surface area (Å²) < 4.78 is 1.65. The molecule has 0 spiro atoms. The van der Waals surface area contributed by atoms with Crippen molar-refractivity contribution in [2.75, 3.05) is 5.75 Å². The van der Waals surface area contributed by atoms with Gasteiger partial charge in [-0.25, -0.2) is 9.50 Å². The Labute approximate surface area is 157 Å². The minimum Gasteiger partial charge on any atom is -0.294 e. The molecule has 134 valence electrons. The molecule has 26 heavy (non-hydrogen) atoms. The maximum Gasteiger partial charge on any atom is 0.253 e. The lowest BCUT2D eigenvalue weighted by molar-refractivity contribution is 0.0962. The number of Topliss-reactive ketones (excluding diaryl/α,β-unsaturated/α-hetero) is 1. The number of hydrogen-bond acceptors (Lipinski definition) is 5. The number of carbonyl (C=O) groups is 1. The molecule has 1 aromatic carbocycles. The number of aromatic nitrogens is 4. The largest absolute Gasteiger partial charge is 0.294 e. The first-order valence-corrected chi connectivity index (χ1v) is 10.1. The lowest BCUT2D eigenvalue weighted by Gasteiger charge is -2.23. The SMILES string of the molecule is CCCCSc1nc2nc3c(cn2n1)C(=O)C[C@@H](c1cccc(C)c1)C3. The Morgan fingerprint density at radius 2 is 2.15 bits per heavy atom. The molecule has 0 radical (unpaired) electrons. The third kappa shape index (κ3) is 3.38. The van der Waals surface area contributed by atoms with Crippen molar-refractivity contribution in [3.63, 3.8) is 0 Å². The van der Waals surface area contributed by atoms with Gasteiger partial charge < -0.3 is 0 Å². The number of unbranched alkanes of at least 4 members (excludes halogenated alkanes) is 1. The second-order valence-electron chi connectivity index (χ2n) is 6.88. The number of benzene rings is 1. The Hall–Kier alpha value is -2.21. The van der Waals surface area contributed by atoms with Crippen molar-refractivity contribution >= 4 is 23.3 Å². The molecule has 0 unspecified atom stereocenters. The highest BCUT2D eigenvalue weighted by molar-refractivity contribution is 7.99. The van der Waals surface area contributed by atoms with Crippen LogP contribution in [0.1, 0.15) is 59.3 Å². The summed E-state index contributed by atoms with van der Waals surface area (Å²) in [7, 11) is 0. The predicted molar refractivity (Wildman–Crippen MR) is 103 cm³/mol. The van der Waals surface area contributed by atoms with Gasteiger partial charge in [0, 0.05) is 18.4 Å². The van der Waals surface area contributed by atoms with Gasteiger partial charge in [0.2, 0.25) is 5.16 Å². The Balaban J connectivity index is 1.64. The zero-order valence-electron chi connectivity index (χ0n) is 15.1. The van der Waals surface area contributed by atoms with Crippen molar-refractivity contribution < 1.29 is 4.79 Å². The monoisotopic (exact) mass is 366 g/mol. The Morgan fingerprint density at radius 1 is 1.27 bits per heavy atom. The van der Waals surface area contributed by atoms with Crippen LogP contribution in [0.3, 0.4) is 0 Å². The van der Waals surface area contributed by atoms with E-state index in [9.17, 15) is 4.79 Å². The van der Waals surface area contributed by atoms with E-state index in [0.29, 0.717) is 17.8 Å². The summed E-state index contributed by atoms with van der Waals surface area (Å²) in [5, 5.41) is 5.20. The number of carbonyl (C=O) groups excluding carboxylic acids is 1. The van der Waals surface area contributed by atoms with E-state index in [1.807, 2.05) is 6.20 Å². The zero-order valence-corrected chi connectivity index (χ0v) is 15.9. The van der Waals surface area contributed by atoms with Crippen LogP contribution in [0.25, 0.3) is 5.78 Å². The van der Waals surface area contributed by atoms with Crippen molar-refractivity contribution in [1.82, 2.24) is 19.6 Å². The molecule has 0 amide bonds. The molecule has 0 aliphatic heterocycles. The molecule has 1 atom stereocenters. The summed E-state index contributed by atoms with van der Waals surface area (Å²) in [4.78, 5) is 21.9. The molecule has 0 fully saturated rings. The number of aryl methyl sites for hydroxylation is 1. The van der Waals surface area contributed by atoms with Gasteiger partial charge in [-0.2, -0.15) is 4.98 Å². The Kier molecular flexibility index (Phi) is 4.76. The average molecular weight is 366 g/mol. The predicted octanol–water partition coefficient (Wildman–Crippen LogP) is 4.24. The summed E-state index contributed by atoms with van der Waals surface area (Å²) in [5.41, 5.74) is 3.97. The molecule has 4 rings (SSSR count). The van der Waals surface area contributed by atoms with Gasteiger partial charge >= 0.3 is 0 Å². The second kappa shape index (κ2) is 7.19. The number of ketones is 1. The van der Waals surface area contributed by atoms with Crippen LogP contribution < -0.4 is 0 Å². The van der Waals surface area contributed by atoms with Gasteiger partial charge in [0.1, 0.15) is 0 Å². The summed E-state index contributed by atoms with van der Waals surface area (Å²) in [5.74, 6) is 1.91. The van der Waals surface area contributed by atoms with E-state index in [0.717, 1.165) is 35.9 Å². The summed E-state index contributed by atoms with van der Waals surface area (Å²) in [6.45, 7) is 4.25. The van der Waals surface area contributed by atoms with Crippen molar-refractivity contribution in [2.24, 2.45) is 0 Å². The fourth-order valence-electron chi connectivity index (χ4n) is 3.39. The van der Waals surface area contributed by atoms with Gasteiger partial charge in [-0.05, 0) is 31.2 Å². The molecule has 6 heteroatoms. The lowest BCUT2D eigenvalue weighted by atomic mass is 9.82. The first kappa shape index (κ1) is 17.2. The van der Waals surface area contributed by atoms with Crippen molar-refractivity contribution in [3.05, 3.63) is 52.8 Å². The summed E-state index contributed by atoms with van der Waals surface area (Å²) in [6, 6.07) is 8.41. The van der Waals surface area contributed by atoms with Crippen LogP contribution in [0.5, 0.6) is 0 Å². The van der Waals surface area contributed by atoms with Crippen LogP contribution >= 0.6 is 11.8 Å². The van der Waals surface area contributed by atoms with E-state index in [1.165, 1.54) is 11.1 Å². The molecule has 5 nitrogen and oxygen atoms in total. The zero-order chi connectivity index (χ0) is 18.1. The quantitative estimate of drug-likeness (QED) is 0.499. The topological polar surface area (TPSA) is 60.1 Å². The first-order chi connectivity index (χ1) is 12.6. The molecule has 0 N–H and O–H groups in total. The average Bonchev–Trinajstić information content (AvgIpc) is 3.02. The van der Waals surface area contributed by atoms with Crippen LogP contribution in [-0.2, 0) is 6.42 Å². The molecule has 1 aliphatic rings. The maximum absolute atomic E-state index is 12.7. The molecule has 0 bridgehead atoms. The minimum atomic E-state index is 0.142. The summed E-state index contributed by atoms with van der Waals surface area (Å²) in [6.07, 6.45) is 5.40. The minimum absolute atomic E-state index is 0.142. The fourth-order valence-corrected chi connectivity index (χ4v) is 4.30. The number of fused-ring (bicyclic) bond motifs is 2. The van der Waals surface area contributed by atoms with Crippen molar-refractivity contribution in [3.8, 4) is 0 Å². The normalized spacial score (nSPS) is 16.8. The fraction of sp³-hybridized carbons (Fsp3) is 0.400. The van der Waals surface area contributed by atoms with Crippen molar-refractivity contribution in [2.45, 2.75) is 50.6 Å². The molecular formula is C20H22N4OS. The highest BCUT2D eigenvalue weighted by Crippen LogP contribution is 2.32. The van der Waals surface area contributed by atoms with Gasteiger partial charge in [0.25, 0.3) is 5.78 Å². The number of hydrogen-bond donors (Lipinski definition) is 0. The van der Waals surface area contributed by atoms with E-state index in [4.69, 9.17) is 0 Å². The third-order valence-corrected chi connectivity index (χ3v) is 5.73. The van der Waals surface area contributed by atoms with Gasteiger partial charge in [0.15, 0.2) is 5.78 Å². The van der Waals surface area contributed by atoms with Gasteiger partial charge in [-0.15, -0.1) is 5.10 Å². The Bertz CT molecular complexity index is 966. The van der Waals surface area contributed by atoms with E-state index < -0.39 is 0 Å². The highest BCUT2D eigenvalue weighted by Gasteiger charge is 2.28. The van der Waals surface area contributed by atoms with Crippen molar-refractivity contribution in [1.29, 1.82) is 0 Å². The lowest BCUT2D eigenvalue weighted by Crippen LogP contribution is -2.21. The smallest absolute Gasteiger partial charge is 0.253 e. The number of rotatable bonds is 5. The van der Waals surface area contributed by atoms with Gasteiger partial charge in [0.05, 0.1) is 11.3 Å².